The van der Waals surface area contributed by atoms with Gasteiger partial charge in [0.15, 0.2) is 0 Å². The molecule has 32 heavy (non-hydrogen) atoms. The monoisotopic (exact) mass is 449 g/mol. The first-order chi connectivity index (χ1) is 15.4. The lowest BCUT2D eigenvalue weighted by Gasteiger charge is -2.20. The van der Waals surface area contributed by atoms with Gasteiger partial charge in [-0.05, 0) is 55.3 Å². The van der Waals surface area contributed by atoms with Gasteiger partial charge < -0.3 is 10.6 Å². The molecule has 2 N–H and O–H groups in total. The lowest BCUT2D eigenvalue weighted by molar-refractivity contribution is -0.119. The number of anilines is 2. The summed E-state index contributed by atoms with van der Waals surface area (Å²) in [6.07, 6.45) is 0.833. The van der Waals surface area contributed by atoms with Crippen LogP contribution in [0.1, 0.15) is 17.0 Å². The second kappa shape index (κ2) is 7.83. The van der Waals surface area contributed by atoms with E-state index in [2.05, 4.69) is 16.2 Å². The van der Waals surface area contributed by atoms with Crippen molar-refractivity contribution in [2.24, 2.45) is 10.8 Å². The summed E-state index contributed by atoms with van der Waals surface area (Å²) in [5, 5.41) is 8.84. The maximum atomic E-state index is 13.3. The van der Waals surface area contributed by atoms with E-state index in [1.807, 2.05) is 24.4 Å². The molecule has 0 saturated carbocycles. The molecule has 3 heterocycles. The summed E-state index contributed by atoms with van der Waals surface area (Å²) in [4.78, 5) is 31.6. The van der Waals surface area contributed by atoms with E-state index in [9.17, 15) is 14.0 Å². The number of nitrogens with two attached hydrogens (primary N) is 1. The highest BCUT2D eigenvalue weighted by Gasteiger charge is 2.38. The van der Waals surface area contributed by atoms with Crippen molar-refractivity contribution < 1.29 is 14.0 Å². The Morgan fingerprint density at radius 2 is 1.97 bits per heavy atom. The first-order valence-corrected chi connectivity index (χ1v) is 11.1. The van der Waals surface area contributed by atoms with Crippen molar-refractivity contribution >= 4 is 40.2 Å². The van der Waals surface area contributed by atoms with Crippen LogP contribution >= 0.6 is 11.3 Å². The Morgan fingerprint density at radius 1 is 1.19 bits per heavy atom. The largest absolute Gasteiger partial charge is 0.368 e. The fraction of sp³-hybridized carbons (Fsp3) is 0.217. The number of carbonyl (C=O) groups is 2. The van der Waals surface area contributed by atoms with Crippen LogP contribution in [-0.4, -0.2) is 35.1 Å². The predicted octanol–water partition coefficient (Wildman–Crippen LogP) is 3.27. The standard InChI is InChI=1S/C23H20FN5O2S/c1-13-26-19(12-32-13)14-2-7-20-15(10-14)8-9-28(20)23(31)18-11-21(22(25)30)29(27-18)17-5-3-16(24)4-6-17/h2-7,10,12,21H,8-9,11H2,1H3,(H2,25,30)/t21-/m0/s1. The fourth-order valence-electron chi connectivity index (χ4n) is 4.12. The van der Waals surface area contributed by atoms with Gasteiger partial charge in [0.05, 0.1) is 16.4 Å². The molecule has 0 spiro atoms. The number of aryl methyl sites for hydroxylation is 1. The van der Waals surface area contributed by atoms with Crippen molar-refractivity contribution in [1.29, 1.82) is 0 Å². The number of hydrogen-bond donors (Lipinski definition) is 1. The highest BCUT2D eigenvalue weighted by atomic mass is 32.1. The van der Waals surface area contributed by atoms with Gasteiger partial charge in [0, 0.05) is 29.6 Å². The molecule has 0 aliphatic carbocycles. The summed E-state index contributed by atoms with van der Waals surface area (Å²) in [7, 11) is 0. The van der Waals surface area contributed by atoms with Crippen LogP contribution in [0.2, 0.25) is 0 Å². The second-order valence-electron chi connectivity index (χ2n) is 7.79. The third-order valence-corrected chi connectivity index (χ3v) is 6.49. The summed E-state index contributed by atoms with van der Waals surface area (Å²) in [5.41, 5.74) is 10.2. The summed E-state index contributed by atoms with van der Waals surface area (Å²) in [6.45, 7) is 2.50. The van der Waals surface area contributed by atoms with Crippen LogP contribution < -0.4 is 15.6 Å². The number of benzene rings is 2. The van der Waals surface area contributed by atoms with Gasteiger partial charge in [-0.3, -0.25) is 14.6 Å². The zero-order chi connectivity index (χ0) is 22.4. The van der Waals surface area contributed by atoms with Crippen molar-refractivity contribution in [3.63, 3.8) is 0 Å². The molecule has 0 saturated heterocycles. The first-order valence-electron chi connectivity index (χ1n) is 10.2. The number of nitrogens with zero attached hydrogens (tertiary/aromatic N) is 4. The normalized spacial score (nSPS) is 17.4. The Bertz CT molecular complexity index is 1250. The van der Waals surface area contributed by atoms with E-state index in [0.717, 1.165) is 33.9 Å². The van der Waals surface area contributed by atoms with Gasteiger partial charge in [-0.2, -0.15) is 5.10 Å². The average molecular weight is 450 g/mol. The van der Waals surface area contributed by atoms with Crippen LogP contribution in [0.5, 0.6) is 0 Å². The minimum Gasteiger partial charge on any atom is -0.368 e. The van der Waals surface area contributed by atoms with Gasteiger partial charge in [0.1, 0.15) is 17.6 Å². The number of hydrogen-bond acceptors (Lipinski definition) is 6. The van der Waals surface area contributed by atoms with Gasteiger partial charge >= 0.3 is 0 Å². The van der Waals surface area contributed by atoms with Gasteiger partial charge in [-0.1, -0.05) is 6.07 Å². The van der Waals surface area contributed by atoms with Crippen LogP contribution in [0.15, 0.2) is 52.9 Å². The molecule has 0 unspecified atom stereocenters. The van der Waals surface area contributed by atoms with E-state index < -0.39 is 17.8 Å². The Hall–Kier alpha value is -3.59. The Labute approximate surface area is 188 Å². The molecule has 2 aliphatic rings. The van der Waals surface area contributed by atoms with Gasteiger partial charge in [0.2, 0.25) is 5.91 Å². The Balaban J connectivity index is 1.42. The van der Waals surface area contributed by atoms with Crippen molar-refractivity contribution in [2.75, 3.05) is 16.5 Å². The molecule has 2 amide bonds. The Morgan fingerprint density at radius 3 is 2.66 bits per heavy atom. The summed E-state index contributed by atoms with van der Waals surface area (Å²) < 4.78 is 13.3. The fourth-order valence-corrected chi connectivity index (χ4v) is 4.74. The van der Waals surface area contributed by atoms with E-state index in [4.69, 9.17) is 5.73 Å². The predicted molar refractivity (Wildman–Crippen MR) is 122 cm³/mol. The maximum absolute atomic E-state index is 13.3. The molecule has 1 atom stereocenters. The van der Waals surface area contributed by atoms with E-state index in [1.165, 1.54) is 29.3 Å². The quantitative estimate of drug-likeness (QED) is 0.662. The molecule has 2 aromatic carbocycles. The molecule has 2 aliphatic heterocycles. The summed E-state index contributed by atoms with van der Waals surface area (Å²) >= 11 is 1.60. The number of fused-ring (bicyclic) bond motifs is 1. The third kappa shape index (κ3) is 3.54. The highest BCUT2D eigenvalue weighted by Crippen LogP contribution is 2.34. The maximum Gasteiger partial charge on any atom is 0.274 e. The topological polar surface area (TPSA) is 91.9 Å². The molecule has 0 fully saturated rings. The van der Waals surface area contributed by atoms with Gasteiger partial charge in [0.25, 0.3) is 5.91 Å². The molecule has 3 aromatic rings. The van der Waals surface area contributed by atoms with Gasteiger partial charge in [-0.25, -0.2) is 9.37 Å². The number of primary amides is 1. The van der Waals surface area contributed by atoms with Crippen molar-refractivity contribution in [3.8, 4) is 11.3 Å². The van der Waals surface area contributed by atoms with E-state index in [-0.39, 0.29) is 18.0 Å². The number of aromatic nitrogens is 1. The molecule has 162 valence electrons. The third-order valence-electron chi connectivity index (χ3n) is 5.71. The molecule has 1 aromatic heterocycles. The van der Waals surface area contributed by atoms with Crippen molar-refractivity contribution in [1.82, 2.24) is 4.98 Å². The van der Waals surface area contributed by atoms with E-state index >= 15 is 0 Å². The smallest absolute Gasteiger partial charge is 0.274 e. The number of rotatable bonds is 4. The first kappa shape index (κ1) is 20.3. The minimum atomic E-state index is -0.795. The van der Waals surface area contributed by atoms with Crippen LogP contribution in [0, 0.1) is 12.7 Å². The zero-order valence-electron chi connectivity index (χ0n) is 17.3. The zero-order valence-corrected chi connectivity index (χ0v) is 18.1. The molecular weight excluding hydrogens is 429 g/mol. The second-order valence-corrected chi connectivity index (χ2v) is 8.85. The van der Waals surface area contributed by atoms with Gasteiger partial charge in [-0.15, -0.1) is 11.3 Å². The van der Waals surface area contributed by atoms with Crippen molar-refractivity contribution in [3.05, 3.63) is 64.2 Å². The van der Waals surface area contributed by atoms with Crippen LogP contribution in [0.25, 0.3) is 11.3 Å². The molecule has 9 heteroatoms. The van der Waals surface area contributed by atoms with Crippen LogP contribution in [-0.2, 0) is 16.0 Å². The number of carbonyl (C=O) groups excluding carboxylic acids is 2. The summed E-state index contributed by atoms with van der Waals surface area (Å²) in [5.74, 6) is -1.24. The number of thiazole rings is 1. The van der Waals surface area contributed by atoms with E-state index in [0.29, 0.717) is 12.2 Å². The molecule has 0 bridgehead atoms. The van der Waals surface area contributed by atoms with Crippen LogP contribution in [0.3, 0.4) is 0 Å². The number of amides is 2. The molecule has 5 rings (SSSR count). The van der Waals surface area contributed by atoms with Crippen molar-refractivity contribution in [2.45, 2.75) is 25.8 Å². The number of hydrazone groups is 1. The summed E-state index contributed by atoms with van der Waals surface area (Å²) in [6, 6.07) is 10.8. The number of halogens is 1. The lowest BCUT2D eigenvalue weighted by Crippen LogP contribution is -2.40. The van der Waals surface area contributed by atoms with E-state index in [1.54, 1.807) is 16.2 Å². The molecule has 7 nitrogen and oxygen atoms in total. The SMILES string of the molecule is Cc1nc(-c2ccc3c(c2)CCN3C(=O)C2=NN(c3ccc(F)cc3)[C@H](C(N)=O)C2)cs1. The Kier molecular flexibility index (Phi) is 4.97. The molecule has 0 radical (unpaired) electrons. The highest BCUT2D eigenvalue weighted by molar-refractivity contribution is 7.09. The molecular formula is C23H20FN5O2S. The minimum absolute atomic E-state index is 0.105. The van der Waals surface area contributed by atoms with Crippen LogP contribution in [0.4, 0.5) is 15.8 Å². The lowest BCUT2D eigenvalue weighted by atomic mass is 10.1. The average Bonchev–Trinajstić information content (AvgIpc) is 3.51.